The highest BCUT2D eigenvalue weighted by Crippen LogP contribution is 2.31. The number of nitrogens with zero attached hydrogens (tertiary/aromatic N) is 1. The van der Waals surface area contributed by atoms with E-state index in [2.05, 4.69) is 16.0 Å². The molecule has 8 nitrogen and oxygen atoms in total. The fourth-order valence-electron chi connectivity index (χ4n) is 4.84. The Morgan fingerprint density at radius 3 is 2.57 bits per heavy atom. The van der Waals surface area contributed by atoms with E-state index >= 15 is 0 Å². The van der Waals surface area contributed by atoms with Crippen molar-refractivity contribution in [2.45, 2.75) is 90.0 Å². The first-order valence-corrected chi connectivity index (χ1v) is 12.6. The summed E-state index contributed by atoms with van der Waals surface area (Å²) in [4.78, 5) is 53.2. The third-order valence-corrected chi connectivity index (χ3v) is 6.88. The van der Waals surface area contributed by atoms with E-state index in [0.29, 0.717) is 18.4 Å². The molecule has 0 radical (unpaired) electrons. The molecule has 1 aromatic rings. The average Bonchev–Trinajstić information content (AvgIpc) is 3.25. The maximum Gasteiger partial charge on any atom is 0.246 e. The number of carbonyl (C=O) groups is 4. The second kappa shape index (κ2) is 12.1. The zero-order valence-electron chi connectivity index (χ0n) is 21.2. The molecule has 0 spiro atoms. The van der Waals surface area contributed by atoms with Crippen LogP contribution >= 0.6 is 0 Å². The Hall–Kier alpha value is -3.00. The van der Waals surface area contributed by atoms with Crippen molar-refractivity contribution in [2.24, 2.45) is 0 Å². The lowest BCUT2D eigenvalue weighted by Crippen LogP contribution is -2.57. The van der Waals surface area contributed by atoms with E-state index in [1.165, 1.54) is 0 Å². The van der Waals surface area contributed by atoms with Gasteiger partial charge < -0.3 is 20.9 Å². The van der Waals surface area contributed by atoms with E-state index in [9.17, 15) is 19.2 Å². The molecule has 2 saturated heterocycles. The molecule has 2 heterocycles. The number of likely N-dealkylation sites (N-methyl/N-ethyl adjacent to an activating group) is 1. The first kappa shape index (κ1) is 26.6. The standard InChI is InChI=1S/C27H38N4O4/c1-17(2)14-24(32)20-9-7-8-19(15-20)16-29-26(34)23-13-12-21-10-5-6-11-22(27(35)31(21)23)30-25(33)18(3)28-4/h7-9,14-15,18,21-23,28H,5-6,10-13,16H2,1-4H3,(H,29,34)(H,30,33)/t18-,21-,22?,23?/m0/s1. The molecule has 2 aliphatic heterocycles. The van der Waals surface area contributed by atoms with E-state index in [1.54, 1.807) is 43.1 Å². The first-order chi connectivity index (χ1) is 16.7. The zero-order chi connectivity index (χ0) is 25.5. The van der Waals surface area contributed by atoms with Crippen molar-refractivity contribution >= 4 is 23.5 Å². The summed E-state index contributed by atoms with van der Waals surface area (Å²) in [6.07, 6.45) is 6.26. The van der Waals surface area contributed by atoms with Crippen molar-refractivity contribution in [2.75, 3.05) is 7.05 Å². The predicted octanol–water partition coefficient (Wildman–Crippen LogP) is 2.48. The molecular weight excluding hydrogens is 444 g/mol. The van der Waals surface area contributed by atoms with Gasteiger partial charge in [-0.15, -0.1) is 0 Å². The Morgan fingerprint density at radius 2 is 1.86 bits per heavy atom. The lowest BCUT2D eigenvalue weighted by molar-refractivity contribution is -0.144. The Labute approximate surface area is 207 Å². The van der Waals surface area contributed by atoms with E-state index in [0.717, 1.165) is 36.8 Å². The van der Waals surface area contributed by atoms with Gasteiger partial charge in [0.15, 0.2) is 5.78 Å². The van der Waals surface area contributed by atoms with E-state index in [4.69, 9.17) is 0 Å². The van der Waals surface area contributed by atoms with E-state index in [-0.39, 0.29) is 36.1 Å². The van der Waals surface area contributed by atoms with Crippen LogP contribution in [0.3, 0.4) is 0 Å². The van der Waals surface area contributed by atoms with Gasteiger partial charge in [0.1, 0.15) is 12.1 Å². The van der Waals surface area contributed by atoms with Gasteiger partial charge in [0, 0.05) is 18.2 Å². The topological polar surface area (TPSA) is 108 Å². The largest absolute Gasteiger partial charge is 0.350 e. The highest BCUT2D eigenvalue weighted by molar-refractivity contribution is 6.05. The molecule has 0 saturated carbocycles. The van der Waals surface area contributed by atoms with Crippen molar-refractivity contribution in [3.8, 4) is 0 Å². The number of allylic oxidation sites excluding steroid dienone is 2. The quantitative estimate of drug-likeness (QED) is 0.390. The molecular formula is C27H38N4O4. The Bertz CT molecular complexity index is 985. The smallest absolute Gasteiger partial charge is 0.246 e. The summed E-state index contributed by atoms with van der Waals surface area (Å²) < 4.78 is 0. The van der Waals surface area contributed by atoms with Gasteiger partial charge in [-0.3, -0.25) is 19.2 Å². The molecule has 3 amide bonds. The second-order valence-corrected chi connectivity index (χ2v) is 9.85. The molecule has 2 unspecified atom stereocenters. The van der Waals surface area contributed by atoms with Crippen LogP contribution in [-0.4, -0.2) is 59.6 Å². The SMILES string of the molecule is CN[C@@H](C)C(=O)NC1CCCC[C@H]2CCC(C(=O)NCc3cccc(C(=O)C=C(C)C)c3)N2C1=O. The van der Waals surface area contributed by atoms with E-state index in [1.807, 2.05) is 19.9 Å². The molecule has 35 heavy (non-hydrogen) atoms. The number of carbonyl (C=O) groups excluding carboxylic acids is 4. The van der Waals surface area contributed by atoms with Crippen molar-refractivity contribution in [1.29, 1.82) is 0 Å². The molecule has 3 N–H and O–H groups in total. The second-order valence-electron chi connectivity index (χ2n) is 9.85. The van der Waals surface area contributed by atoms with Crippen molar-refractivity contribution < 1.29 is 19.2 Å². The fourth-order valence-corrected chi connectivity index (χ4v) is 4.84. The minimum Gasteiger partial charge on any atom is -0.350 e. The number of fused-ring (bicyclic) bond motifs is 1. The van der Waals surface area contributed by atoms with Gasteiger partial charge in [-0.05, 0) is 71.2 Å². The summed E-state index contributed by atoms with van der Waals surface area (Å²) in [5.41, 5.74) is 2.33. The summed E-state index contributed by atoms with van der Waals surface area (Å²) in [5, 5.41) is 8.75. The van der Waals surface area contributed by atoms with Crippen LogP contribution in [0.1, 0.15) is 75.2 Å². The van der Waals surface area contributed by atoms with Crippen LogP contribution < -0.4 is 16.0 Å². The average molecular weight is 483 g/mol. The molecule has 190 valence electrons. The molecule has 4 atom stereocenters. The molecule has 0 bridgehead atoms. The number of benzene rings is 1. The summed E-state index contributed by atoms with van der Waals surface area (Å²) in [5.74, 6) is -0.649. The van der Waals surface area contributed by atoms with Gasteiger partial charge in [-0.2, -0.15) is 0 Å². The van der Waals surface area contributed by atoms with Crippen LogP contribution in [-0.2, 0) is 20.9 Å². The van der Waals surface area contributed by atoms with Crippen LogP contribution in [0, 0.1) is 0 Å². The fraction of sp³-hybridized carbons (Fsp3) is 0.556. The number of rotatable bonds is 8. The van der Waals surface area contributed by atoms with Crippen LogP contribution in [0.5, 0.6) is 0 Å². The lowest BCUT2D eigenvalue weighted by Gasteiger charge is -2.35. The maximum atomic E-state index is 13.5. The lowest BCUT2D eigenvalue weighted by atomic mass is 9.98. The van der Waals surface area contributed by atoms with Gasteiger partial charge in [0.2, 0.25) is 17.7 Å². The molecule has 3 rings (SSSR count). The Balaban J connectivity index is 1.68. The molecule has 8 heteroatoms. The third-order valence-electron chi connectivity index (χ3n) is 6.88. The maximum absolute atomic E-state index is 13.5. The van der Waals surface area contributed by atoms with Crippen LogP contribution in [0.4, 0.5) is 0 Å². The summed E-state index contributed by atoms with van der Waals surface area (Å²) in [7, 11) is 1.70. The Kier molecular flexibility index (Phi) is 9.20. The summed E-state index contributed by atoms with van der Waals surface area (Å²) in [6.45, 7) is 5.78. The zero-order valence-corrected chi connectivity index (χ0v) is 21.2. The van der Waals surface area contributed by atoms with Gasteiger partial charge in [-0.25, -0.2) is 0 Å². The number of hydrogen-bond acceptors (Lipinski definition) is 5. The minimum absolute atomic E-state index is 0.0182. The summed E-state index contributed by atoms with van der Waals surface area (Å²) >= 11 is 0. The van der Waals surface area contributed by atoms with Gasteiger partial charge in [0.25, 0.3) is 0 Å². The van der Waals surface area contributed by atoms with E-state index < -0.39 is 18.1 Å². The highest BCUT2D eigenvalue weighted by atomic mass is 16.2. The monoisotopic (exact) mass is 482 g/mol. The van der Waals surface area contributed by atoms with Crippen LogP contribution in [0.25, 0.3) is 0 Å². The van der Waals surface area contributed by atoms with Gasteiger partial charge in [0.05, 0.1) is 6.04 Å². The summed E-state index contributed by atoms with van der Waals surface area (Å²) in [6, 6.07) is 5.67. The number of amides is 3. The molecule has 2 fully saturated rings. The number of hydrogen-bond donors (Lipinski definition) is 3. The van der Waals surface area contributed by atoms with Crippen LogP contribution in [0.15, 0.2) is 35.9 Å². The minimum atomic E-state index is -0.618. The third kappa shape index (κ3) is 6.78. The Morgan fingerprint density at radius 1 is 1.11 bits per heavy atom. The molecule has 2 aliphatic rings. The number of ketones is 1. The predicted molar refractivity (Wildman–Crippen MR) is 135 cm³/mol. The number of nitrogens with one attached hydrogen (secondary N) is 3. The first-order valence-electron chi connectivity index (χ1n) is 12.6. The normalized spacial score (nSPS) is 22.9. The molecule has 0 aliphatic carbocycles. The van der Waals surface area contributed by atoms with Gasteiger partial charge >= 0.3 is 0 Å². The van der Waals surface area contributed by atoms with Crippen molar-refractivity contribution in [3.63, 3.8) is 0 Å². The highest BCUT2D eigenvalue weighted by Gasteiger charge is 2.43. The van der Waals surface area contributed by atoms with Gasteiger partial charge in [-0.1, -0.05) is 36.6 Å². The van der Waals surface area contributed by atoms with Crippen molar-refractivity contribution in [1.82, 2.24) is 20.9 Å². The van der Waals surface area contributed by atoms with Crippen molar-refractivity contribution in [3.05, 3.63) is 47.0 Å². The molecule has 0 aromatic heterocycles. The molecule has 1 aromatic carbocycles. The van der Waals surface area contributed by atoms with Crippen LogP contribution in [0.2, 0.25) is 0 Å².